The molecule has 0 aliphatic rings. The van der Waals surface area contributed by atoms with Crippen molar-refractivity contribution in [1.82, 2.24) is 15.2 Å². The Balaban J connectivity index is 1.81. The van der Waals surface area contributed by atoms with Gasteiger partial charge in [-0.25, -0.2) is 4.98 Å². The van der Waals surface area contributed by atoms with E-state index in [1.807, 2.05) is 12.1 Å². The number of hydrogen-bond donors (Lipinski definition) is 2. The Morgan fingerprint density at radius 2 is 1.88 bits per heavy atom. The maximum absolute atomic E-state index is 12.3. The van der Waals surface area contributed by atoms with E-state index in [9.17, 15) is 4.79 Å². The second kappa shape index (κ2) is 7.56. The minimum atomic E-state index is -0.314. The average Bonchev–Trinajstić information content (AvgIpc) is 3.15. The van der Waals surface area contributed by atoms with Crippen molar-refractivity contribution < 1.29 is 19.0 Å². The number of aromatic nitrogens is 3. The van der Waals surface area contributed by atoms with Crippen LogP contribution in [-0.2, 0) is 0 Å². The Hall–Kier alpha value is -3.55. The Bertz CT molecular complexity index is 923. The summed E-state index contributed by atoms with van der Waals surface area (Å²) in [6.45, 7) is 0. The summed E-state index contributed by atoms with van der Waals surface area (Å²) >= 11 is 0. The highest BCUT2D eigenvalue weighted by Gasteiger charge is 2.13. The zero-order valence-corrected chi connectivity index (χ0v) is 14.6. The molecule has 0 aliphatic heterocycles. The lowest BCUT2D eigenvalue weighted by Gasteiger charge is -2.08. The van der Waals surface area contributed by atoms with Gasteiger partial charge in [0.25, 0.3) is 5.91 Å². The minimum Gasteiger partial charge on any atom is -0.497 e. The molecule has 2 aromatic heterocycles. The van der Waals surface area contributed by atoms with Crippen molar-refractivity contribution >= 4 is 11.7 Å². The van der Waals surface area contributed by atoms with Crippen LogP contribution in [0.25, 0.3) is 11.3 Å². The molecule has 0 fully saturated rings. The summed E-state index contributed by atoms with van der Waals surface area (Å²) < 4.78 is 15.6. The molecule has 0 atom stereocenters. The van der Waals surface area contributed by atoms with Gasteiger partial charge < -0.3 is 19.5 Å². The Labute approximate surface area is 150 Å². The molecule has 0 aliphatic carbocycles. The lowest BCUT2D eigenvalue weighted by Crippen LogP contribution is -2.12. The monoisotopic (exact) mass is 354 g/mol. The van der Waals surface area contributed by atoms with Crippen LogP contribution in [0.2, 0.25) is 0 Å². The van der Waals surface area contributed by atoms with Crippen LogP contribution in [0.5, 0.6) is 17.4 Å². The van der Waals surface area contributed by atoms with Crippen molar-refractivity contribution in [2.75, 3.05) is 26.6 Å². The molecule has 26 heavy (non-hydrogen) atoms. The lowest BCUT2D eigenvalue weighted by molar-refractivity contribution is 0.102. The number of methoxy groups -OCH3 is 3. The fourth-order valence-electron chi connectivity index (χ4n) is 2.40. The number of nitrogens with zero attached hydrogens (tertiary/aromatic N) is 2. The molecular formula is C18H18N4O4. The largest absolute Gasteiger partial charge is 0.497 e. The summed E-state index contributed by atoms with van der Waals surface area (Å²) in [5, 5.41) is 9.75. The number of benzene rings is 1. The predicted molar refractivity (Wildman–Crippen MR) is 95.9 cm³/mol. The smallest absolute Gasteiger partial charge is 0.257 e. The Kier molecular flexibility index (Phi) is 5.02. The molecule has 3 aromatic rings. The fraction of sp³-hybridized carbons (Fsp3) is 0.167. The van der Waals surface area contributed by atoms with Crippen LogP contribution in [0.4, 0.5) is 5.82 Å². The van der Waals surface area contributed by atoms with Gasteiger partial charge in [-0.3, -0.25) is 9.89 Å². The van der Waals surface area contributed by atoms with E-state index in [1.54, 1.807) is 38.5 Å². The molecule has 0 bridgehead atoms. The van der Waals surface area contributed by atoms with Crippen LogP contribution in [0.1, 0.15) is 10.4 Å². The van der Waals surface area contributed by atoms with Gasteiger partial charge in [-0.2, -0.15) is 5.10 Å². The molecule has 1 aromatic carbocycles. The molecular weight excluding hydrogens is 336 g/mol. The van der Waals surface area contributed by atoms with Crippen molar-refractivity contribution in [3.63, 3.8) is 0 Å². The first kappa shape index (κ1) is 17.3. The molecule has 0 unspecified atom stereocenters. The van der Waals surface area contributed by atoms with Crippen molar-refractivity contribution in [1.29, 1.82) is 0 Å². The van der Waals surface area contributed by atoms with Crippen molar-refractivity contribution in [2.45, 2.75) is 0 Å². The summed E-state index contributed by atoms with van der Waals surface area (Å²) in [6, 6.07) is 10.3. The number of ether oxygens (including phenoxy) is 3. The van der Waals surface area contributed by atoms with E-state index in [0.29, 0.717) is 34.5 Å². The molecule has 0 saturated carbocycles. The normalized spacial score (nSPS) is 10.3. The van der Waals surface area contributed by atoms with Crippen molar-refractivity contribution in [2.24, 2.45) is 0 Å². The van der Waals surface area contributed by atoms with Gasteiger partial charge in [0.2, 0.25) is 5.88 Å². The van der Waals surface area contributed by atoms with Crippen LogP contribution < -0.4 is 19.5 Å². The Morgan fingerprint density at radius 1 is 1.04 bits per heavy atom. The first-order chi connectivity index (χ1) is 12.6. The molecule has 0 radical (unpaired) electrons. The quantitative estimate of drug-likeness (QED) is 0.706. The minimum absolute atomic E-state index is 0.314. The van der Waals surface area contributed by atoms with Gasteiger partial charge in [-0.1, -0.05) is 0 Å². The van der Waals surface area contributed by atoms with E-state index in [2.05, 4.69) is 20.5 Å². The number of anilines is 1. The molecule has 8 nitrogen and oxygen atoms in total. The number of nitrogens with one attached hydrogen (secondary N) is 2. The van der Waals surface area contributed by atoms with Crippen LogP contribution in [0.3, 0.4) is 0 Å². The van der Waals surface area contributed by atoms with E-state index in [0.717, 1.165) is 5.56 Å². The highest BCUT2D eigenvalue weighted by atomic mass is 16.5. The van der Waals surface area contributed by atoms with Crippen molar-refractivity contribution in [3.05, 3.63) is 48.2 Å². The number of amides is 1. The zero-order chi connectivity index (χ0) is 18.5. The molecule has 8 heteroatoms. The third-order valence-electron chi connectivity index (χ3n) is 3.72. The second-order valence-electron chi connectivity index (χ2n) is 5.27. The number of aromatic amines is 1. The first-order valence-corrected chi connectivity index (χ1v) is 7.74. The summed E-state index contributed by atoms with van der Waals surface area (Å²) in [5.41, 5.74) is 1.92. The highest BCUT2D eigenvalue weighted by Crippen LogP contribution is 2.33. The fourth-order valence-corrected chi connectivity index (χ4v) is 2.40. The third kappa shape index (κ3) is 3.59. The van der Waals surface area contributed by atoms with Gasteiger partial charge >= 0.3 is 0 Å². The first-order valence-electron chi connectivity index (χ1n) is 7.74. The van der Waals surface area contributed by atoms with Crippen LogP contribution in [-0.4, -0.2) is 42.4 Å². The zero-order valence-electron chi connectivity index (χ0n) is 14.6. The third-order valence-corrected chi connectivity index (χ3v) is 3.72. The summed E-state index contributed by atoms with van der Waals surface area (Å²) in [5.74, 6) is 1.75. The van der Waals surface area contributed by atoms with E-state index < -0.39 is 0 Å². The molecule has 2 heterocycles. The lowest BCUT2D eigenvalue weighted by atomic mass is 10.1. The van der Waals surface area contributed by atoms with Gasteiger partial charge in [0.15, 0.2) is 5.82 Å². The highest BCUT2D eigenvalue weighted by molar-refractivity contribution is 6.04. The number of hydrogen-bond acceptors (Lipinski definition) is 6. The van der Waals surface area contributed by atoms with Gasteiger partial charge in [0.05, 0.1) is 27.0 Å². The van der Waals surface area contributed by atoms with E-state index in [-0.39, 0.29) is 5.91 Å². The number of pyridine rings is 1. The molecule has 0 spiro atoms. The topological polar surface area (TPSA) is 98.4 Å². The molecule has 134 valence electrons. The summed E-state index contributed by atoms with van der Waals surface area (Å²) in [4.78, 5) is 16.3. The maximum Gasteiger partial charge on any atom is 0.257 e. The molecule has 0 saturated heterocycles. The van der Waals surface area contributed by atoms with Crippen LogP contribution in [0.15, 0.2) is 42.6 Å². The van der Waals surface area contributed by atoms with Crippen LogP contribution >= 0.6 is 0 Å². The standard InChI is InChI=1S/C18H18N4O4/c1-24-12-4-5-13(15(9-12)25-2)14-10-16(22-21-14)20-18(23)11-6-7-19-17(8-11)26-3/h4-10H,1-3H3,(H2,20,21,22,23). The number of carbonyl (C=O) groups is 1. The van der Waals surface area contributed by atoms with E-state index >= 15 is 0 Å². The average molecular weight is 354 g/mol. The van der Waals surface area contributed by atoms with E-state index in [4.69, 9.17) is 14.2 Å². The van der Waals surface area contributed by atoms with Crippen LogP contribution in [0, 0.1) is 0 Å². The van der Waals surface area contributed by atoms with Gasteiger partial charge in [0.1, 0.15) is 11.5 Å². The van der Waals surface area contributed by atoms with Crippen molar-refractivity contribution in [3.8, 4) is 28.6 Å². The number of H-pyrrole nitrogens is 1. The molecule has 3 rings (SSSR count). The SMILES string of the molecule is COc1ccc(-c2cc(NC(=O)c3ccnc(OC)c3)n[nH]2)c(OC)c1. The summed E-state index contributed by atoms with van der Waals surface area (Å²) in [7, 11) is 4.66. The molecule has 2 N–H and O–H groups in total. The van der Waals surface area contributed by atoms with E-state index in [1.165, 1.54) is 13.3 Å². The van der Waals surface area contributed by atoms with Gasteiger partial charge in [0, 0.05) is 35.5 Å². The predicted octanol–water partition coefficient (Wildman–Crippen LogP) is 2.75. The summed E-state index contributed by atoms with van der Waals surface area (Å²) in [6.07, 6.45) is 1.51. The number of rotatable bonds is 6. The Morgan fingerprint density at radius 3 is 2.62 bits per heavy atom. The van der Waals surface area contributed by atoms with Gasteiger partial charge in [-0.05, 0) is 18.2 Å². The second-order valence-corrected chi connectivity index (χ2v) is 5.27. The molecule has 1 amide bonds. The van der Waals surface area contributed by atoms with Gasteiger partial charge in [-0.15, -0.1) is 0 Å². The number of carbonyl (C=O) groups excluding carboxylic acids is 1. The maximum atomic E-state index is 12.3.